The second kappa shape index (κ2) is 9.06. The Balaban J connectivity index is 1.32. The molecular weight excluding hydrogens is 478 g/mol. The van der Waals surface area contributed by atoms with Crippen LogP contribution in [0.15, 0.2) is 54.7 Å². The molecule has 0 aliphatic carbocycles. The number of aromatic nitrogens is 4. The summed E-state index contributed by atoms with van der Waals surface area (Å²) in [5.41, 5.74) is -0.597. The molecule has 2 N–H and O–H groups in total. The zero-order valence-corrected chi connectivity index (χ0v) is 18.7. The van der Waals surface area contributed by atoms with Gasteiger partial charge in [0.2, 0.25) is 5.67 Å². The highest BCUT2D eigenvalue weighted by Crippen LogP contribution is 2.31. The van der Waals surface area contributed by atoms with Crippen molar-refractivity contribution in [2.45, 2.75) is 18.5 Å². The van der Waals surface area contributed by atoms with Crippen LogP contribution in [0.3, 0.4) is 0 Å². The molecule has 2 aromatic heterocycles. The molecule has 11 heteroatoms. The largest absolute Gasteiger partial charge is 0.479 e. The molecular formula is C25H19F4N5O2. The van der Waals surface area contributed by atoms with Crippen molar-refractivity contribution >= 4 is 11.8 Å². The van der Waals surface area contributed by atoms with Crippen molar-refractivity contribution in [3.05, 3.63) is 72.2 Å². The van der Waals surface area contributed by atoms with Gasteiger partial charge in [-0.2, -0.15) is 0 Å². The van der Waals surface area contributed by atoms with Gasteiger partial charge in [-0.15, -0.1) is 10.2 Å². The highest BCUT2D eigenvalue weighted by Gasteiger charge is 2.42. The molecule has 0 saturated carbocycles. The Labute approximate surface area is 202 Å². The summed E-state index contributed by atoms with van der Waals surface area (Å²) in [6, 6.07) is 11.3. The van der Waals surface area contributed by atoms with Crippen LogP contribution in [0.5, 0.6) is 0 Å². The molecule has 0 atom stereocenters. The van der Waals surface area contributed by atoms with E-state index in [2.05, 4.69) is 20.2 Å². The van der Waals surface area contributed by atoms with Crippen molar-refractivity contribution in [1.29, 1.82) is 0 Å². The van der Waals surface area contributed by atoms with Gasteiger partial charge in [0.25, 0.3) is 0 Å². The minimum atomic E-state index is -2.21. The SMILES string of the molecule is O=C(O)C1(F)CCN(c2ccc(-c3ccc(-c4nnc(-c5ccc(F)c(F)c5)[nH]4)c(F)c3)cn2)CC1. The molecule has 1 aliphatic heterocycles. The van der Waals surface area contributed by atoms with E-state index in [1.54, 1.807) is 24.4 Å². The molecule has 7 nitrogen and oxygen atoms in total. The number of nitrogens with one attached hydrogen (secondary N) is 1. The van der Waals surface area contributed by atoms with E-state index in [0.29, 0.717) is 16.9 Å². The summed E-state index contributed by atoms with van der Waals surface area (Å²) < 4.78 is 55.9. The summed E-state index contributed by atoms with van der Waals surface area (Å²) in [4.78, 5) is 20.1. The third kappa shape index (κ3) is 4.39. The smallest absolute Gasteiger partial charge is 0.341 e. The lowest BCUT2D eigenvalue weighted by Gasteiger charge is -2.34. The molecule has 0 amide bonds. The number of H-pyrrole nitrogens is 1. The highest BCUT2D eigenvalue weighted by molar-refractivity contribution is 5.78. The van der Waals surface area contributed by atoms with Crippen LogP contribution in [0.4, 0.5) is 23.4 Å². The fraction of sp³-hybridized carbons (Fsp3) is 0.200. The molecule has 2 aromatic carbocycles. The zero-order valence-electron chi connectivity index (χ0n) is 18.7. The highest BCUT2D eigenvalue weighted by atomic mass is 19.2. The van der Waals surface area contributed by atoms with Gasteiger partial charge in [-0.3, -0.25) is 0 Å². The lowest BCUT2D eigenvalue weighted by molar-refractivity contribution is -0.152. The minimum Gasteiger partial charge on any atom is -0.479 e. The van der Waals surface area contributed by atoms with Gasteiger partial charge in [0.05, 0.1) is 5.56 Å². The van der Waals surface area contributed by atoms with Gasteiger partial charge >= 0.3 is 5.97 Å². The summed E-state index contributed by atoms with van der Waals surface area (Å²) >= 11 is 0. The minimum absolute atomic E-state index is 0.127. The van der Waals surface area contributed by atoms with Crippen molar-refractivity contribution in [1.82, 2.24) is 20.2 Å². The third-order valence-electron chi connectivity index (χ3n) is 6.25. The van der Waals surface area contributed by atoms with Gasteiger partial charge in [0.1, 0.15) is 11.6 Å². The molecule has 1 fully saturated rings. The molecule has 0 unspecified atom stereocenters. The molecule has 36 heavy (non-hydrogen) atoms. The number of alkyl halides is 1. The van der Waals surface area contributed by atoms with E-state index in [4.69, 9.17) is 5.11 Å². The second-order valence-electron chi connectivity index (χ2n) is 8.51. The Morgan fingerprint density at radius 1 is 0.861 bits per heavy atom. The topological polar surface area (TPSA) is 95.0 Å². The molecule has 1 aliphatic rings. The van der Waals surface area contributed by atoms with Gasteiger partial charge in [0, 0.05) is 43.3 Å². The number of aliphatic carboxylic acids is 1. The van der Waals surface area contributed by atoms with Crippen molar-refractivity contribution in [3.63, 3.8) is 0 Å². The summed E-state index contributed by atoms with van der Waals surface area (Å²) in [6.07, 6.45) is 1.31. The van der Waals surface area contributed by atoms with Crippen LogP contribution >= 0.6 is 0 Å². The molecule has 0 bridgehead atoms. The van der Waals surface area contributed by atoms with Crippen molar-refractivity contribution in [2.24, 2.45) is 0 Å². The number of hydrogen-bond donors (Lipinski definition) is 2. The quantitative estimate of drug-likeness (QED) is 0.377. The van der Waals surface area contributed by atoms with Crippen LogP contribution < -0.4 is 4.90 Å². The van der Waals surface area contributed by atoms with Crippen molar-refractivity contribution in [3.8, 4) is 33.9 Å². The number of pyridine rings is 1. The lowest BCUT2D eigenvalue weighted by atomic mass is 9.93. The van der Waals surface area contributed by atoms with Crippen LogP contribution in [-0.2, 0) is 4.79 Å². The van der Waals surface area contributed by atoms with E-state index < -0.39 is 29.1 Å². The molecule has 0 radical (unpaired) electrons. The van der Waals surface area contributed by atoms with Crippen LogP contribution in [0.25, 0.3) is 33.9 Å². The van der Waals surface area contributed by atoms with E-state index in [-0.39, 0.29) is 48.7 Å². The number of rotatable bonds is 5. The van der Waals surface area contributed by atoms with E-state index in [1.165, 1.54) is 18.2 Å². The Morgan fingerprint density at radius 3 is 2.17 bits per heavy atom. The molecule has 184 valence electrons. The molecule has 4 aromatic rings. The molecule has 3 heterocycles. The first-order valence-electron chi connectivity index (χ1n) is 11.1. The van der Waals surface area contributed by atoms with Crippen LogP contribution in [0, 0.1) is 17.5 Å². The third-order valence-corrected chi connectivity index (χ3v) is 6.25. The van der Waals surface area contributed by atoms with E-state index in [1.807, 2.05) is 4.90 Å². The summed E-state index contributed by atoms with van der Waals surface area (Å²) in [5, 5.41) is 16.8. The summed E-state index contributed by atoms with van der Waals surface area (Å²) in [7, 11) is 0. The maximum Gasteiger partial charge on any atom is 0.341 e. The summed E-state index contributed by atoms with van der Waals surface area (Å²) in [5.74, 6) is -3.17. The van der Waals surface area contributed by atoms with E-state index >= 15 is 0 Å². The van der Waals surface area contributed by atoms with Gasteiger partial charge in [-0.1, -0.05) is 6.07 Å². The number of hydrogen-bond acceptors (Lipinski definition) is 5. The number of carboxylic acids is 1. The Bertz CT molecular complexity index is 1430. The Kier molecular flexibility index (Phi) is 5.91. The normalized spacial score (nSPS) is 15.2. The van der Waals surface area contributed by atoms with E-state index in [9.17, 15) is 22.4 Å². The zero-order chi connectivity index (χ0) is 25.4. The maximum absolute atomic E-state index is 14.9. The van der Waals surface area contributed by atoms with Crippen LogP contribution in [0.2, 0.25) is 0 Å². The number of anilines is 1. The average Bonchev–Trinajstić information content (AvgIpc) is 3.36. The molecule has 0 spiro atoms. The van der Waals surface area contributed by atoms with Gasteiger partial charge < -0.3 is 15.0 Å². The molecule has 5 rings (SSSR count). The Morgan fingerprint density at radius 2 is 1.53 bits per heavy atom. The first-order valence-corrected chi connectivity index (χ1v) is 11.1. The number of benzene rings is 2. The standard InChI is InChI=1S/C25H19F4N5O2/c26-18-5-2-15(12-20(18)28)22-31-23(33-32-22)17-4-1-14(11-19(17)27)16-3-6-21(30-13-16)34-9-7-25(29,8-10-34)24(35)36/h1-6,11-13H,7-10H2,(H,35,36)(H,31,32,33). The average molecular weight is 497 g/mol. The van der Waals surface area contributed by atoms with Gasteiger partial charge in [0.15, 0.2) is 23.3 Å². The monoisotopic (exact) mass is 497 g/mol. The summed E-state index contributed by atoms with van der Waals surface area (Å²) in [6.45, 7) is 0.449. The first-order chi connectivity index (χ1) is 17.2. The Hall–Kier alpha value is -4.28. The maximum atomic E-state index is 14.9. The number of aromatic amines is 1. The van der Waals surface area contributed by atoms with E-state index in [0.717, 1.165) is 12.1 Å². The fourth-order valence-electron chi connectivity index (χ4n) is 4.09. The van der Waals surface area contributed by atoms with Crippen molar-refractivity contribution < 1.29 is 27.5 Å². The molecule has 1 saturated heterocycles. The number of nitrogens with zero attached hydrogens (tertiary/aromatic N) is 4. The number of halogens is 4. The number of piperidine rings is 1. The van der Waals surface area contributed by atoms with Gasteiger partial charge in [-0.05, 0) is 48.0 Å². The predicted molar refractivity (Wildman–Crippen MR) is 123 cm³/mol. The van der Waals surface area contributed by atoms with Crippen LogP contribution in [-0.4, -0.2) is 50.0 Å². The first kappa shape index (κ1) is 23.5. The predicted octanol–water partition coefficient (Wildman–Crippen LogP) is 5.01. The van der Waals surface area contributed by atoms with Crippen LogP contribution in [0.1, 0.15) is 12.8 Å². The second-order valence-corrected chi connectivity index (χ2v) is 8.51. The fourth-order valence-corrected chi connectivity index (χ4v) is 4.09. The lowest BCUT2D eigenvalue weighted by Crippen LogP contribution is -2.46. The van der Waals surface area contributed by atoms with Gasteiger partial charge in [-0.25, -0.2) is 27.3 Å². The number of carbonyl (C=O) groups is 1. The number of carboxylic acid groups (broad SMARTS) is 1. The van der Waals surface area contributed by atoms with Crippen molar-refractivity contribution in [2.75, 3.05) is 18.0 Å².